The fourth-order valence-corrected chi connectivity index (χ4v) is 12.3. The number of ether oxygens (including phenoxy) is 1. The third-order valence-electron chi connectivity index (χ3n) is 15.2. The molecule has 3 aromatic heterocycles. The van der Waals surface area contributed by atoms with E-state index in [0.717, 1.165) is 103 Å². The second-order valence-electron chi connectivity index (χ2n) is 20.9. The Bertz CT molecular complexity index is 4190. The normalized spacial score (nSPS) is 18.8. The average Bonchev–Trinajstić information content (AvgIpc) is 3.96. The molecule has 5 nitrogen and oxygen atoms in total. The predicted octanol–water partition coefficient (Wildman–Crippen LogP) is 15.7. The molecule has 8 aromatic carbocycles. The number of rotatable bonds is 6. The Hall–Kier alpha value is -8.02. The average molecular weight is 896 g/mol. The number of hydrogen-bond donors (Lipinski definition) is 0. The van der Waals surface area contributed by atoms with Crippen LogP contribution in [-0.4, -0.2) is 14.1 Å². The van der Waals surface area contributed by atoms with Gasteiger partial charge < -0.3 is 4.74 Å². The molecule has 332 valence electrons. The molecule has 69 heavy (non-hydrogen) atoms. The maximum atomic E-state index is 9.50. The highest BCUT2D eigenvalue weighted by Crippen LogP contribution is 2.73. The minimum Gasteiger partial charge on any atom is -0.458 e. The Kier molecular flexibility index (Phi) is 7.39. The van der Waals surface area contributed by atoms with Crippen molar-refractivity contribution in [1.29, 1.82) is 0 Å². The van der Waals surface area contributed by atoms with Crippen molar-refractivity contribution in [3.63, 3.8) is 0 Å². The Labute approximate surface area is 409 Å². The quantitative estimate of drug-likeness (QED) is 0.123. The van der Waals surface area contributed by atoms with Crippen molar-refractivity contribution in [3.8, 4) is 73.2 Å². The molecular weight excluding hydrogens is 841 g/mol. The summed E-state index contributed by atoms with van der Waals surface area (Å²) in [4.78, 5) is 4.89. The van der Waals surface area contributed by atoms with Gasteiger partial charge in [0.05, 0.1) is 40.3 Å². The molecule has 4 aliphatic rings. The van der Waals surface area contributed by atoms with Crippen LogP contribution in [-0.2, 0) is 10.8 Å². The van der Waals surface area contributed by atoms with Crippen LogP contribution in [0.2, 0.25) is 0 Å². The van der Waals surface area contributed by atoms with Crippen LogP contribution in [0.5, 0.6) is 11.5 Å². The Morgan fingerprint density at radius 2 is 1.25 bits per heavy atom. The minimum absolute atomic E-state index is 0.0551. The predicted molar refractivity (Wildman–Crippen MR) is 280 cm³/mol. The summed E-state index contributed by atoms with van der Waals surface area (Å²) in [7, 11) is 0. The highest BCUT2D eigenvalue weighted by atomic mass is 16.5. The molecule has 1 aliphatic heterocycles. The Morgan fingerprint density at radius 3 is 2.00 bits per heavy atom. The largest absolute Gasteiger partial charge is 0.458 e. The minimum atomic E-state index is -0.418. The van der Waals surface area contributed by atoms with Gasteiger partial charge in [-0.1, -0.05) is 161 Å². The fraction of sp³-hybridized carbons (Fsp3) is 0.156. The van der Waals surface area contributed by atoms with Crippen LogP contribution in [0.4, 0.5) is 0 Å². The van der Waals surface area contributed by atoms with E-state index in [1.807, 2.05) is 36.5 Å². The zero-order chi connectivity index (χ0) is 50.6. The van der Waals surface area contributed by atoms with Gasteiger partial charge in [0.15, 0.2) is 0 Å². The highest BCUT2D eigenvalue weighted by molar-refractivity contribution is 6.09. The lowest BCUT2D eigenvalue weighted by molar-refractivity contribution is -0.570. The summed E-state index contributed by atoms with van der Waals surface area (Å²) in [5.74, 6) is 2.15. The van der Waals surface area contributed by atoms with E-state index in [1.165, 1.54) is 5.56 Å². The molecule has 0 N–H and O–H groups in total. The van der Waals surface area contributed by atoms with Gasteiger partial charge in [0.1, 0.15) is 17.3 Å². The van der Waals surface area contributed by atoms with Gasteiger partial charge in [0, 0.05) is 23.0 Å². The number of benzene rings is 8. The number of aromatic nitrogens is 4. The van der Waals surface area contributed by atoms with Crippen molar-refractivity contribution in [2.45, 2.75) is 57.8 Å². The summed E-state index contributed by atoms with van der Waals surface area (Å²) in [5, 5.41) is 2.23. The first-order valence-electron chi connectivity index (χ1n) is 26.4. The van der Waals surface area contributed by atoms with Crippen LogP contribution in [0.25, 0.3) is 94.5 Å². The lowest BCUT2D eigenvalue weighted by Gasteiger charge is -2.70. The van der Waals surface area contributed by atoms with Crippen LogP contribution in [0.3, 0.4) is 0 Å². The molecular formula is C64H50N4O. The monoisotopic (exact) mass is 895 g/mol. The first-order chi connectivity index (χ1) is 35.7. The standard InChI is InChI=1S/C64H50N4O/c1-62(2,3)42-30-31-65-59(34-42)68-56-26-13-12-24-51(56)52-29-28-46(36-58(52)68)69-45-19-14-18-44(35-45)66-40-67-60-54(41-16-6-5-7-17-41)32-43(64-37-63(4,38-64)39-64)33-55(60)50-23-11-9-21-48(50)47-20-8-10-22-49(47)53-25-15-27-57(66)61(53)67/h5-36H,37-39H2,1-4H3/i5D,6D,7D,16D,17D. The summed E-state index contributed by atoms with van der Waals surface area (Å²) < 4.78 is 58.7. The van der Waals surface area contributed by atoms with Crippen molar-refractivity contribution in [3.05, 3.63) is 212 Å². The number of hydrogen-bond acceptors (Lipinski definition) is 2. The van der Waals surface area contributed by atoms with Gasteiger partial charge in [-0.15, -0.1) is 0 Å². The van der Waals surface area contributed by atoms with E-state index in [0.29, 0.717) is 28.2 Å². The van der Waals surface area contributed by atoms with Crippen LogP contribution in [0.1, 0.15) is 64.9 Å². The number of imidazole rings is 1. The van der Waals surface area contributed by atoms with Gasteiger partial charge in [-0.2, -0.15) is 0 Å². The SMILES string of the molecule is [2H]c1c([2H])c([2H])c(-c2cc(C34CC(C)(C3)C4)cc3c2-[n+]2[c-]n(-c4cccc(Oc5ccc6c7ccccc7n(-c7cc(C(C)(C)C)ccn7)c6c5)c4)c4cccc(c42)-c2ccccc2-c2ccccc2-3)c([2H])c1[2H]. The smallest absolute Gasteiger partial charge is 0.269 e. The molecule has 0 radical (unpaired) electrons. The summed E-state index contributed by atoms with van der Waals surface area (Å²) in [6, 6.07) is 53.1. The van der Waals surface area contributed by atoms with E-state index in [2.05, 4.69) is 175 Å². The van der Waals surface area contributed by atoms with Crippen molar-refractivity contribution in [1.82, 2.24) is 14.1 Å². The summed E-state index contributed by atoms with van der Waals surface area (Å²) in [6.45, 7) is 9.00. The second-order valence-corrected chi connectivity index (χ2v) is 20.9. The molecule has 15 rings (SSSR count). The molecule has 2 bridgehead atoms. The maximum absolute atomic E-state index is 9.50. The third kappa shape index (κ3) is 6.09. The lowest BCUT2D eigenvalue weighted by atomic mass is 9.34. The van der Waals surface area contributed by atoms with Gasteiger partial charge >= 0.3 is 0 Å². The third-order valence-corrected chi connectivity index (χ3v) is 15.2. The summed E-state index contributed by atoms with van der Waals surface area (Å²) in [5.41, 5.74) is 14.6. The molecule has 3 saturated carbocycles. The van der Waals surface area contributed by atoms with Gasteiger partial charge in [-0.05, 0) is 140 Å². The van der Waals surface area contributed by atoms with E-state index in [4.69, 9.17) is 13.8 Å². The Balaban J connectivity index is 0.990. The van der Waals surface area contributed by atoms with E-state index < -0.39 is 6.04 Å². The molecule has 3 aliphatic carbocycles. The molecule has 0 unspecified atom stereocenters. The maximum Gasteiger partial charge on any atom is 0.269 e. The summed E-state index contributed by atoms with van der Waals surface area (Å²) >= 11 is 0. The molecule has 0 saturated heterocycles. The van der Waals surface area contributed by atoms with E-state index >= 15 is 0 Å². The van der Waals surface area contributed by atoms with Crippen LogP contribution >= 0.6 is 0 Å². The van der Waals surface area contributed by atoms with Gasteiger partial charge in [-0.3, -0.25) is 13.7 Å². The van der Waals surface area contributed by atoms with Gasteiger partial charge in [0.25, 0.3) is 6.33 Å². The molecule has 3 fully saturated rings. The van der Waals surface area contributed by atoms with Gasteiger partial charge in [-0.25, -0.2) is 4.98 Å². The van der Waals surface area contributed by atoms with E-state index in [9.17, 15) is 2.74 Å². The lowest BCUT2D eigenvalue weighted by Crippen LogP contribution is -2.62. The summed E-state index contributed by atoms with van der Waals surface area (Å²) in [6.07, 6.45) is 8.87. The van der Waals surface area contributed by atoms with Crippen molar-refractivity contribution in [2.24, 2.45) is 5.41 Å². The molecule has 4 heterocycles. The van der Waals surface area contributed by atoms with Crippen molar-refractivity contribution in [2.75, 3.05) is 0 Å². The first kappa shape index (κ1) is 35.2. The van der Waals surface area contributed by atoms with Gasteiger partial charge in [0.2, 0.25) is 0 Å². The zero-order valence-electron chi connectivity index (χ0n) is 43.9. The molecule has 0 atom stereocenters. The molecule has 11 aromatic rings. The molecule has 5 heteroatoms. The van der Waals surface area contributed by atoms with Crippen LogP contribution in [0.15, 0.2) is 194 Å². The number of fused-ring (bicyclic) bond motifs is 10. The van der Waals surface area contributed by atoms with Crippen molar-refractivity contribution >= 4 is 32.8 Å². The number of para-hydroxylation sites is 2. The van der Waals surface area contributed by atoms with Crippen molar-refractivity contribution < 1.29 is 16.2 Å². The Morgan fingerprint density at radius 1 is 0.609 bits per heavy atom. The van der Waals surface area contributed by atoms with Crippen LogP contribution < -0.4 is 9.30 Å². The van der Waals surface area contributed by atoms with E-state index in [-0.39, 0.29) is 40.6 Å². The van der Waals surface area contributed by atoms with E-state index in [1.54, 1.807) is 0 Å². The highest BCUT2D eigenvalue weighted by Gasteiger charge is 2.65. The zero-order valence-corrected chi connectivity index (χ0v) is 38.9. The number of pyridine rings is 1. The fourth-order valence-electron chi connectivity index (χ4n) is 12.3. The number of nitrogens with zero attached hydrogens (tertiary/aromatic N) is 4. The van der Waals surface area contributed by atoms with Crippen LogP contribution in [0, 0.1) is 11.7 Å². The topological polar surface area (TPSA) is 35.9 Å². The second kappa shape index (κ2) is 14.5. The molecule has 0 spiro atoms. The molecule has 0 amide bonds. The first-order valence-corrected chi connectivity index (χ1v) is 23.9.